The van der Waals surface area contributed by atoms with Gasteiger partial charge in [-0.3, -0.25) is 9.59 Å². The van der Waals surface area contributed by atoms with Crippen LogP contribution in [0.15, 0.2) is 0 Å². The molecule has 1 fully saturated rings. The highest BCUT2D eigenvalue weighted by molar-refractivity contribution is 5.89. The van der Waals surface area contributed by atoms with Crippen LogP contribution < -0.4 is 5.32 Å². The summed E-state index contributed by atoms with van der Waals surface area (Å²) in [6.45, 7) is -0.270. The van der Waals surface area contributed by atoms with E-state index in [1.807, 2.05) is 0 Å². The van der Waals surface area contributed by atoms with Crippen LogP contribution in [0.3, 0.4) is 0 Å². The molecule has 0 saturated carbocycles. The molecule has 0 aromatic heterocycles. The van der Waals surface area contributed by atoms with Gasteiger partial charge in [-0.2, -0.15) is 13.2 Å². The molecule has 1 heterocycles. The second-order valence-corrected chi connectivity index (χ2v) is 4.38. The molecule has 1 aliphatic heterocycles. The summed E-state index contributed by atoms with van der Waals surface area (Å²) in [5.41, 5.74) is 0. The fourth-order valence-electron chi connectivity index (χ4n) is 1.72. The maximum atomic E-state index is 12.1. The third-order valence-corrected chi connectivity index (χ3v) is 2.62. The highest BCUT2D eigenvalue weighted by atomic mass is 19.4. The van der Waals surface area contributed by atoms with Crippen molar-refractivity contribution in [1.29, 1.82) is 0 Å². The van der Waals surface area contributed by atoms with Crippen LogP contribution in [-0.2, 0) is 9.59 Å². The maximum absolute atomic E-state index is 12.1. The number of amides is 2. The van der Waals surface area contributed by atoms with E-state index < -0.39 is 36.5 Å². The van der Waals surface area contributed by atoms with E-state index in [1.165, 1.54) is 0 Å². The third-order valence-electron chi connectivity index (χ3n) is 2.62. The maximum Gasteiger partial charge on any atom is 0.406 e. The van der Waals surface area contributed by atoms with Gasteiger partial charge in [0.05, 0.1) is 12.5 Å². The van der Waals surface area contributed by atoms with Gasteiger partial charge in [0.2, 0.25) is 11.8 Å². The zero-order valence-corrected chi connectivity index (χ0v) is 9.83. The fourth-order valence-corrected chi connectivity index (χ4v) is 1.72. The monoisotopic (exact) mass is 268 g/mol. The number of nitrogens with zero attached hydrogens (tertiary/aromatic N) is 1. The minimum absolute atomic E-state index is 0.222. The molecule has 5 nitrogen and oxygen atoms in total. The van der Waals surface area contributed by atoms with E-state index in [4.69, 9.17) is 5.11 Å². The van der Waals surface area contributed by atoms with Crippen molar-refractivity contribution in [2.24, 2.45) is 5.92 Å². The van der Waals surface area contributed by atoms with E-state index in [2.05, 4.69) is 5.32 Å². The smallest absolute Gasteiger partial charge is 0.394 e. The molecule has 0 aromatic rings. The highest BCUT2D eigenvalue weighted by Crippen LogP contribution is 2.23. The van der Waals surface area contributed by atoms with Crippen molar-refractivity contribution in [2.75, 3.05) is 19.7 Å². The van der Waals surface area contributed by atoms with Crippen molar-refractivity contribution in [2.45, 2.75) is 25.6 Å². The summed E-state index contributed by atoms with van der Waals surface area (Å²) in [6.07, 6.45) is -4.68. The zero-order chi connectivity index (χ0) is 13.9. The lowest BCUT2D eigenvalue weighted by Gasteiger charge is -2.19. The molecule has 2 amide bonds. The Balaban J connectivity index is 2.53. The van der Waals surface area contributed by atoms with Crippen molar-refractivity contribution >= 4 is 11.8 Å². The number of hydrogen-bond donors (Lipinski definition) is 2. The van der Waals surface area contributed by atoms with Gasteiger partial charge in [-0.15, -0.1) is 0 Å². The molecule has 0 bridgehead atoms. The average Bonchev–Trinajstić information content (AvgIpc) is 2.57. The summed E-state index contributed by atoms with van der Waals surface area (Å²) in [5.74, 6) is -1.97. The summed E-state index contributed by atoms with van der Waals surface area (Å²) >= 11 is 0. The van der Waals surface area contributed by atoms with Crippen molar-refractivity contribution in [3.05, 3.63) is 0 Å². The normalized spacial score (nSPS) is 22.2. The number of aliphatic hydroxyl groups is 1. The Hall–Kier alpha value is -1.31. The van der Waals surface area contributed by atoms with Crippen LogP contribution in [0.2, 0.25) is 0 Å². The van der Waals surface area contributed by atoms with Crippen LogP contribution in [0.4, 0.5) is 13.2 Å². The molecule has 1 aliphatic rings. The molecule has 0 aromatic carbocycles. The summed E-state index contributed by atoms with van der Waals surface area (Å²) in [6, 6.07) is -0.482. The van der Waals surface area contributed by atoms with Gasteiger partial charge < -0.3 is 15.3 Å². The molecular formula is C10H15F3N2O3. The molecule has 8 heteroatoms. The van der Waals surface area contributed by atoms with Crippen molar-refractivity contribution in [3.8, 4) is 0 Å². The number of alkyl halides is 3. The largest absolute Gasteiger partial charge is 0.406 e. The summed E-state index contributed by atoms with van der Waals surface area (Å²) in [4.78, 5) is 23.5. The van der Waals surface area contributed by atoms with Gasteiger partial charge in [0, 0.05) is 19.0 Å². The Morgan fingerprint density at radius 3 is 2.72 bits per heavy atom. The second-order valence-electron chi connectivity index (χ2n) is 4.38. The quantitative estimate of drug-likeness (QED) is 0.747. The Kier molecular flexibility index (Phi) is 4.55. The van der Waals surface area contributed by atoms with Gasteiger partial charge in [0.1, 0.15) is 6.54 Å². The zero-order valence-electron chi connectivity index (χ0n) is 9.83. The number of aliphatic hydroxyl groups excluding tert-OH is 1. The van der Waals surface area contributed by atoms with E-state index in [1.54, 1.807) is 6.92 Å². The predicted molar refractivity (Wildman–Crippen MR) is 55.4 cm³/mol. The lowest BCUT2D eigenvalue weighted by Crippen LogP contribution is -2.41. The first-order valence-corrected chi connectivity index (χ1v) is 5.48. The molecule has 2 atom stereocenters. The molecule has 1 rings (SSSR count). The first-order chi connectivity index (χ1) is 8.23. The van der Waals surface area contributed by atoms with Crippen LogP contribution in [0.25, 0.3) is 0 Å². The molecule has 0 spiro atoms. The first kappa shape index (κ1) is 14.7. The Labute approximate surface area is 102 Å². The second kappa shape index (κ2) is 5.55. The summed E-state index contributed by atoms with van der Waals surface area (Å²) < 4.78 is 36.4. The average molecular weight is 268 g/mol. The number of rotatable bonds is 4. The van der Waals surface area contributed by atoms with Crippen LogP contribution in [-0.4, -0.2) is 53.7 Å². The topological polar surface area (TPSA) is 69.6 Å². The van der Waals surface area contributed by atoms with Crippen LogP contribution >= 0.6 is 0 Å². The minimum Gasteiger partial charge on any atom is -0.394 e. The van der Waals surface area contributed by atoms with Crippen LogP contribution in [0, 0.1) is 5.92 Å². The Morgan fingerprint density at radius 2 is 2.22 bits per heavy atom. The van der Waals surface area contributed by atoms with Crippen molar-refractivity contribution < 1.29 is 27.9 Å². The van der Waals surface area contributed by atoms with Gasteiger partial charge in [-0.25, -0.2) is 0 Å². The number of halogens is 3. The van der Waals surface area contributed by atoms with Gasteiger partial charge in [-0.05, 0) is 6.92 Å². The van der Waals surface area contributed by atoms with Gasteiger partial charge in [0.25, 0.3) is 0 Å². The van der Waals surface area contributed by atoms with Crippen molar-refractivity contribution in [3.63, 3.8) is 0 Å². The molecule has 1 saturated heterocycles. The van der Waals surface area contributed by atoms with Gasteiger partial charge in [0.15, 0.2) is 0 Å². The summed E-state index contributed by atoms with van der Waals surface area (Å²) in [7, 11) is 0. The standard InChI is InChI=1S/C10H15F3N2O3/c1-6(4-16)14-9(18)7-2-8(17)15(3-7)5-10(11,12)13/h6-7,16H,2-5H2,1H3,(H,14,18). The van der Waals surface area contributed by atoms with Gasteiger partial charge >= 0.3 is 6.18 Å². The van der Waals surface area contributed by atoms with Crippen LogP contribution in [0.5, 0.6) is 0 Å². The van der Waals surface area contributed by atoms with E-state index in [9.17, 15) is 22.8 Å². The third kappa shape index (κ3) is 4.17. The fraction of sp³-hybridized carbons (Fsp3) is 0.800. The molecule has 104 valence electrons. The molecule has 0 aliphatic carbocycles. The number of nitrogens with one attached hydrogen (secondary N) is 1. The van der Waals surface area contributed by atoms with E-state index in [0.717, 1.165) is 0 Å². The molecular weight excluding hydrogens is 253 g/mol. The van der Waals surface area contributed by atoms with E-state index >= 15 is 0 Å². The first-order valence-electron chi connectivity index (χ1n) is 5.48. The minimum atomic E-state index is -4.46. The summed E-state index contributed by atoms with van der Waals surface area (Å²) in [5, 5.41) is 11.2. The predicted octanol–water partition coefficient (Wildman–Crippen LogP) is -0.106. The Morgan fingerprint density at radius 1 is 1.61 bits per heavy atom. The Bertz CT molecular complexity index is 333. The van der Waals surface area contributed by atoms with Gasteiger partial charge in [-0.1, -0.05) is 0 Å². The number of carbonyl (C=O) groups excluding carboxylic acids is 2. The molecule has 2 N–H and O–H groups in total. The highest BCUT2D eigenvalue weighted by Gasteiger charge is 2.40. The molecule has 18 heavy (non-hydrogen) atoms. The SMILES string of the molecule is CC(CO)NC(=O)C1CC(=O)N(CC(F)(F)F)C1. The van der Waals surface area contributed by atoms with E-state index in [-0.39, 0.29) is 19.6 Å². The lowest BCUT2D eigenvalue weighted by atomic mass is 10.1. The molecule has 2 unspecified atom stereocenters. The number of carbonyl (C=O) groups is 2. The van der Waals surface area contributed by atoms with E-state index in [0.29, 0.717) is 4.90 Å². The van der Waals surface area contributed by atoms with Crippen LogP contribution in [0.1, 0.15) is 13.3 Å². The number of hydrogen-bond acceptors (Lipinski definition) is 3. The lowest BCUT2D eigenvalue weighted by molar-refractivity contribution is -0.157. The molecule has 0 radical (unpaired) electrons. The van der Waals surface area contributed by atoms with Crippen molar-refractivity contribution in [1.82, 2.24) is 10.2 Å². The number of likely N-dealkylation sites (tertiary alicyclic amines) is 1.